The van der Waals surface area contributed by atoms with Gasteiger partial charge in [-0.1, -0.05) is 11.3 Å². The smallest absolute Gasteiger partial charge is 0.211 e. The molecule has 78 valence electrons. The molecule has 0 fully saturated rings. The van der Waals surface area contributed by atoms with E-state index in [1.165, 1.54) is 23.5 Å². The van der Waals surface area contributed by atoms with Gasteiger partial charge in [0.25, 0.3) is 0 Å². The van der Waals surface area contributed by atoms with Crippen molar-refractivity contribution in [1.29, 1.82) is 0 Å². The van der Waals surface area contributed by atoms with Crippen LogP contribution in [0.2, 0.25) is 0 Å². The molecule has 1 aromatic carbocycles. The van der Waals surface area contributed by atoms with E-state index < -0.39 is 0 Å². The lowest BCUT2D eigenvalue weighted by molar-refractivity contribution is 0.630. The topological polar surface area (TPSA) is 28.5 Å². The highest BCUT2D eigenvalue weighted by Gasteiger charge is 2.02. The lowest BCUT2D eigenvalue weighted by atomic mass is 10.3. The van der Waals surface area contributed by atoms with Gasteiger partial charge >= 0.3 is 0 Å². The monoisotopic (exact) mass is 223 g/mol. The Bertz CT molecular complexity index is 504. The number of hydrogen-bond acceptors (Lipinski definition) is 3. The second kappa shape index (κ2) is 3.94. The molecule has 2 aromatic rings. The summed E-state index contributed by atoms with van der Waals surface area (Å²) in [5.41, 5.74) is 0.785. The standard InChI is InChI=1S/C10H10FN3S/c1-14(2)6-12-10-13-8-4-3-7(11)5-9(8)15-10/h3-6H,1-2H3/b12-6-. The van der Waals surface area contributed by atoms with Crippen LogP contribution in [0, 0.1) is 5.82 Å². The fourth-order valence-corrected chi connectivity index (χ4v) is 1.94. The van der Waals surface area contributed by atoms with Crippen LogP contribution in [0.3, 0.4) is 0 Å². The van der Waals surface area contributed by atoms with Gasteiger partial charge in [-0.05, 0) is 18.2 Å². The van der Waals surface area contributed by atoms with Crippen molar-refractivity contribution < 1.29 is 4.39 Å². The Kier molecular flexibility index (Phi) is 2.64. The van der Waals surface area contributed by atoms with E-state index in [4.69, 9.17) is 0 Å². The van der Waals surface area contributed by atoms with Crippen LogP contribution in [-0.2, 0) is 0 Å². The SMILES string of the molecule is CN(C)/C=N\c1nc2ccc(F)cc2s1. The summed E-state index contributed by atoms with van der Waals surface area (Å²) in [7, 11) is 3.77. The predicted octanol–water partition coefficient (Wildman–Crippen LogP) is 2.66. The number of fused-ring (bicyclic) bond motifs is 1. The fourth-order valence-electron chi connectivity index (χ4n) is 1.11. The molecule has 3 nitrogen and oxygen atoms in total. The van der Waals surface area contributed by atoms with Gasteiger partial charge in [0, 0.05) is 14.1 Å². The van der Waals surface area contributed by atoms with Crippen LogP contribution in [-0.4, -0.2) is 30.3 Å². The van der Waals surface area contributed by atoms with Gasteiger partial charge in [-0.3, -0.25) is 0 Å². The van der Waals surface area contributed by atoms with E-state index in [0.717, 1.165) is 10.2 Å². The number of halogens is 1. The Balaban J connectivity index is 2.39. The molecule has 0 saturated carbocycles. The molecule has 0 aliphatic heterocycles. The minimum absolute atomic E-state index is 0.241. The lowest BCUT2D eigenvalue weighted by Gasteiger charge is -1.99. The van der Waals surface area contributed by atoms with Gasteiger partial charge in [0.15, 0.2) is 0 Å². The van der Waals surface area contributed by atoms with Gasteiger partial charge in [-0.2, -0.15) is 0 Å². The number of hydrogen-bond donors (Lipinski definition) is 0. The normalized spacial score (nSPS) is 11.4. The van der Waals surface area contributed by atoms with Crippen molar-refractivity contribution in [1.82, 2.24) is 9.88 Å². The van der Waals surface area contributed by atoms with Gasteiger partial charge in [0.1, 0.15) is 5.82 Å². The van der Waals surface area contributed by atoms with E-state index in [9.17, 15) is 4.39 Å². The van der Waals surface area contributed by atoms with Crippen LogP contribution in [0.15, 0.2) is 23.2 Å². The molecule has 0 bridgehead atoms. The van der Waals surface area contributed by atoms with Crippen molar-refractivity contribution >= 4 is 33.0 Å². The second-order valence-electron chi connectivity index (χ2n) is 3.32. The summed E-state index contributed by atoms with van der Waals surface area (Å²) in [6.07, 6.45) is 1.67. The Morgan fingerprint density at radius 3 is 3.00 bits per heavy atom. The summed E-state index contributed by atoms with van der Waals surface area (Å²) in [6.45, 7) is 0. The number of benzene rings is 1. The Morgan fingerprint density at radius 1 is 1.47 bits per heavy atom. The number of nitrogens with zero attached hydrogens (tertiary/aromatic N) is 3. The molecule has 1 aromatic heterocycles. The maximum atomic E-state index is 12.9. The number of rotatable bonds is 2. The summed E-state index contributed by atoms with van der Waals surface area (Å²) < 4.78 is 13.7. The third kappa shape index (κ3) is 2.30. The molecule has 0 aliphatic rings. The Hall–Kier alpha value is -1.49. The molecule has 0 saturated heterocycles. The second-order valence-corrected chi connectivity index (χ2v) is 4.33. The molecule has 0 unspecified atom stereocenters. The Morgan fingerprint density at radius 2 is 2.27 bits per heavy atom. The van der Waals surface area contributed by atoms with Gasteiger partial charge in [-0.25, -0.2) is 14.4 Å². The largest absolute Gasteiger partial charge is 0.369 e. The van der Waals surface area contributed by atoms with Crippen molar-refractivity contribution in [3.63, 3.8) is 0 Å². The summed E-state index contributed by atoms with van der Waals surface area (Å²) >= 11 is 1.38. The third-order valence-electron chi connectivity index (χ3n) is 1.74. The summed E-state index contributed by atoms with van der Waals surface area (Å²) in [5.74, 6) is -0.241. The van der Waals surface area contributed by atoms with Crippen LogP contribution in [0.25, 0.3) is 10.2 Å². The van der Waals surface area contributed by atoms with Crippen LogP contribution in [0.4, 0.5) is 9.52 Å². The molecule has 0 N–H and O–H groups in total. The molecular formula is C10H10FN3S. The molecule has 0 aliphatic carbocycles. The van der Waals surface area contributed by atoms with Crippen LogP contribution < -0.4 is 0 Å². The van der Waals surface area contributed by atoms with Gasteiger partial charge in [-0.15, -0.1) is 0 Å². The van der Waals surface area contributed by atoms with Crippen LogP contribution in [0.5, 0.6) is 0 Å². The maximum absolute atomic E-state index is 12.9. The fraction of sp³-hybridized carbons (Fsp3) is 0.200. The van der Waals surface area contributed by atoms with E-state index in [-0.39, 0.29) is 5.82 Å². The number of aromatic nitrogens is 1. The molecule has 2 rings (SSSR count). The highest BCUT2D eigenvalue weighted by atomic mass is 32.1. The maximum Gasteiger partial charge on any atom is 0.211 e. The Labute approximate surface area is 90.9 Å². The predicted molar refractivity (Wildman–Crippen MR) is 61.4 cm³/mol. The molecule has 1 heterocycles. The zero-order valence-corrected chi connectivity index (χ0v) is 9.25. The van der Waals surface area contributed by atoms with Crippen molar-refractivity contribution in [3.05, 3.63) is 24.0 Å². The number of aliphatic imine (C=N–C) groups is 1. The average molecular weight is 223 g/mol. The molecule has 0 radical (unpaired) electrons. The first-order chi connectivity index (χ1) is 7.15. The van der Waals surface area contributed by atoms with Crippen molar-refractivity contribution in [2.24, 2.45) is 4.99 Å². The first kappa shape index (κ1) is 10.0. The van der Waals surface area contributed by atoms with Crippen LogP contribution >= 0.6 is 11.3 Å². The van der Waals surface area contributed by atoms with Gasteiger partial charge in [0.2, 0.25) is 5.13 Å². The molecule has 0 spiro atoms. The zero-order chi connectivity index (χ0) is 10.8. The van der Waals surface area contributed by atoms with E-state index in [1.54, 1.807) is 12.4 Å². The average Bonchev–Trinajstić information content (AvgIpc) is 2.56. The van der Waals surface area contributed by atoms with Gasteiger partial charge < -0.3 is 4.90 Å². The molecule has 0 amide bonds. The summed E-state index contributed by atoms with van der Waals surface area (Å²) in [6, 6.07) is 4.54. The first-order valence-electron chi connectivity index (χ1n) is 4.42. The highest BCUT2D eigenvalue weighted by Crippen LogP contribution is 2.28. The van der Waals surface area contributed by atoms with Gasteiger partial charge in [0.05, 0.1) is 16.6 Å². The number of thiazole rings is 1. The highest BCUT2D eigenvalue weighted by molar-refractivity contribution is 7.22. The lowest BCUT2D eigenvalue weighted by Crippen LogP contribution is -2.06. The quantitative estimate of drug-likeness (QED) is 0.578. The first-order valence-corrected chi connectivity index (χ1v) is 5.23. The minimum Gasteiger partial charge on any atom is -0.369 e. The summed E-state index contributed by atoms with van der Waals surface area (Å²) in [4.78, 5) is 10.2. The van der Waals surface area contributed by atoms with Crippen molar-refractivity contribution in [2.75, 3.05) is 14.1 Å². The molecule has 0 atom stereocenters. The minimum atomic E-state index is -0.241. The molecular weight excluding hydrogens is 213 g/mol. The zero-order valence-electron chi connectivity index (χ0n) is 8.44. The van der Waals surface area contributed by atoms with E-state index in [2.05, 4.69) is 9.98 Å². The van der Waals surface area contributed by atoms with Crippen molar-refractivity contribution in [3.8, 4) is 0 Å². The third-order valence-corrected chi connectivity index (χ3v) is 2.66. The van der Waals surface area contributed by atoms with Crippen molar-refractivity contribution in [2.45, 2.75) is 0 Å². The molecule has 15 heavy (non-hydrogen) atoms. The van der Waals surface area contributed by atoms with E-state index in [1.807, 2.05) is 19.0 Å². The van der Waals surface area contributed by atoms with E-state index in [0.29, 0.717) is 5.13 Å². The molecule has 5 heteroatoms. The summed E-state index contributed by atoms with van der Waals surface area (Å²) in [5, 5.41) is 0.643. The van der Waals surface area contributed by atoms with Crippen LogP contribution in [0.1, 0.15) is 0 Å². The van der Waals surface area contributed by atoms with E-state index >= 15 is 0 Å².